The molecule has 0 heterocycles. The number of hydrogen-bond acceptors (Lipinski definition) is 5. The van der Waals surface area contributed by atoms with E-state index in [2.05, 4.69) is 0 Å². The maximum atomic E-state index is 9.15. The van der Waals surface area contributed by atoms with Gasteiger partial charge < -0.3 is 25.1 Å². The molecule has 0 radical (unpaired) electrons. The number of benzene rings is 1. The summed E-state index contributed by atoms with van der Waals surface area (Å²) in [6.07, 6.45) is 0.494. The van der Waals surface area contributed by atoms with Crippen LogP contribution >= 0.6 is 0 Å². The van der Waals surface area contributed by atoms with Crippen molar-refractivity contribution < 1.29 is 19.3 Å². The minimum absolute atomic E-state index is 0.0790. The van der Waals surface area contributed by atoms with E-state index in [9.17, 15) is 0 Å². The highest BCUT2D eigenvalue weighted by molar-refractivity contribution is 5.51. The minimum Gasteiger partial charge on any atom is -0.494 e. The van der Waals surface area contributed by atoms with Gasteiger partial charge in [0.25, 0.3) is 0 Å². The summed E-state index contributed by atoms with van der Waals surface area (Å²) < 4.78 is 16.8. The van der Waals surface area contributed by atoms with Crippen LogP contribution in [0, 0.1) is 0 Å². The Balaban J connectivity index is 3.18. The fraction of sp³-hybridized carbons (Fsp3) is 0.600. The Morgan fingerprint density at radius 2 is 1.50 bits per heavy atom. The van der Waals surface area contributed by atoms with Gasteiger partial charge in [-0.2, -0.15) is 0 Å². The lowest BCUT2D eigenvalue weighted by atomic mass is 10.0. The Morgan fingerprint density at radius 3 is 1.90 bits per heavy atom. The molecule has 114 valence electrons. The lowest BCUT2D eigenvalue weighted by Gasteiger charge is -2.19. The molecule has 0 aromatic heterocycles. The van der Waals surface area contributed by atoms with Crippen molar-refractivity contribution in [3.05, 3.63) is 17.7 Å². The molecule has 20 heavy (non-hydrogen) atoms. The molecule has 1 aromatic rings. The maximum absolute atomic E-state index is 9.15. The molecule has 0 aliphatic rings. The molecule has 0 saturated heterocycles. The average molecular weight is 283 g/mol. The Hall–Kier alpha value is -1.46. The second kappa shape index (κ2) is 8.66. The first-order valence-electron chi connectivity index (χ1n) is 7.07. The van der Waals surface area contributed by atoms with Crippen molar-refractivity contribution in [1.82, 2.24) is 0 Å². The summed E-state index contributed by atoms with van der Waals surface area (Å²) in [6, 6.07) is 3.34. The Bertz CT molecular complexity index is 382. The van der Waals surface area contributed by atoms with Crippen molar-refractivity contribution in [1.29, 1.82) is 0 Å². The molecule has 1 unspecified atom stereocenters. The van der Waals surface area contributed by atoms with Gasteiger partial charge >= 0.3 is 0 Å². The van der Waals surface area contributed by atoms with Crippen molar-refractivity contribution in [3.63, 3.8) is 0 Å². The number of rotatable bonds is 9. The molecular weight excluding hydrogens is 258 g/mol. The Labute approximate surface area is 120 Å². The number of aliphatic hydroxyl groups excluding tert-OH is 1. The third-order valence-electron chi connectivity index (χ3n) is 2.75. The third kappa shape index (κ3) is 4.58. The zero-order valence-corrected chi connectivity index (χ0v) is 12.5. The topological polar surface area (TPSA) is 73.9 Å². The number of nitrogens with two attached hydrogens (primary N) is 1. The number of aliphatic hydroxyl groups is 1. The molecule has 1 atom stereocenters. The van der Waals surface area contributed by atoms with E-state index < -0.39 is 0 Å². The lowest BCUT2D eigenvalue weighted by molar-refractivity contribution is 0.260. The van der Waals surface area contributed by atoms with E-state index in [1.807, 2.05) is 32.9 Å². The van der Waals surface area contributed by atoms with E-state index in [0.717, 1.165) is 5.56 Å². The van der Waals surface area contributed by atoms with E-state index in [1.54, 1.807) is 0 Å². The van der Waals surface area contributed by atoms with E-state index in [-0.39, 0.29) is 12.6 Å². The largest absolute Gasteiger partial charge is 0.494 e. The normalized spacial score (nSPS) is 12.1. The molecule has 5 heteroatoms. The second-order valence-corrected chi connectivity index (χ2v) is 4.34. The van der Waals surface area contributed by atoms with E-state index in [0.29, 0.717) is 43.5 Å². The van der Waals surface area contributed by atoms with Gasteiger partial charge in [0.2, 0.25) is 0 Å². The third-order valence-corrected chi connectivity index (χ3v) is 2.75. The molecule has 0 saturated carbocycles. The van der Waals surface area contributed by atoms with Crippen LogP contribution in [0.5, 0.6) is 17.2 Å². The van der Waals surface area contributed by atoms with E-state index in [4.69, 9.17) is 25.1 Å². The van der Waals surface area contributed by atoms with Crippen LogP contribution in [0.3, 0.4) is 0 Å². The molecule has 0 fully saturated rings. The van der Waals surface area contributed by atoms with Crippen molar-refractivity contribution >= 4 is 0 Å². The van der Waals surface area contributed by atoms with Gasteiger partial charge in [0.1, 0.15) is 17.2 Å². The summed E-state index contributed by atoms with van der Waals surface area (Å²) in [6.45, 7) is 7.35. The van der Waals surface area contributed by atoms with Gasteiger partial charge in [-0.1, -0.05) is 0 Å². The van der Waals surface area contributed by atoms with Crippen LogP contribution in [0.15, 0.2) is 12.1 Å². The van der Waals surface area contributed by atoms with Gasteiger partial charge in [-0.15, -0.1) is 0 Å². The molecular formula is C15H25NO4. The number of ether oxygens (including phenoxy) is 3. The van der Waals surface area contributed by atoms with Crippen LogP contribution in [0.4, 0.5) is 0 Å². The quantitative estimate of drug-likeness (QED) is 0.722. The van der Waals surface area contributed by atoms with Crippen LogP contribution in [0.1, 0.15) is 26.3 Å². The Kier molecular flexibility index (Phi) is 7.18. The molecule has 1 rings (SSSR count). The predicted octanol–water partition coefficient (Wildman–Crippen LogP) is 1.74. The van der Waals surface area contributed by atoms with Crippen molar-refractivity contribution in [3.8, 4) is 17.2 Å². The van der Waals surface area contributed by atoms with Gasteiger partial charge in [-0.05, 0) is 27.2 Å². The molecule has 0 spiro atoms. The van der Waals surface area contributed by atoms with Crippen LogP contribution in [0.25, 0.3) is 0 Å². The summed E-state index contributed by atoms with van der Waals surface area (Å²) in [5.41, 5.74) is 6.71. The van der Waals surface area contributed by atoms with Crippen LogP contribution in [0.2, 0.25) is 0 Å². The number of hydrogen-bond donors (Lipinski definition) is 2. The highest BCUT2D eigenvalue weighted by Crippen LogP contribution is 2.35. The van der Waals surface area contributed by atoms with Crippen molar-refractivity contribution in [2.24, 2.45) is 5.73 Å². The summed E-state index contributed by atoms with van der Waals surface area (Å²) in [7, 11) is 0. The predicted molar refractivity (Wildman–Crippen MR) is 78.7 cm³/mol. The highest BCUT2D eigenvalue weighted by Gasteiger charge is 2.16. The first-order chi connectivity index (χ1) is 9.65. The second-order valence-electron chi connectivity index (χ2n) is 4.34. The van der Waals surface area contributed by atoms with E-state index >= 15 is 0 Å². The summed E-state index contributed by atoms with van der Waals surface area (Å²) >= 11 is 0. The first kappa shape index (κ1) is 16.6. The molecule has 0 aliphatic heterocycles. The fourth-order valence-corrected chi connectivity index (χ4v) is 1.94. The minimum atomic E-state index is -0.341. The zero-order chi connectivity index (χ0) is 15.0. The molecule has 0 amide bonds. The van der Waals surface area contributed by atoms with Gasteiger partial charge in [0, 0.05) is 23.7 Å². The average Bonchev–Trinajstić information content (AvgIpc) is 2.43. The van der Waals surface area contributed by atoms with Gasteiger partial charge in [-0.25, -0.2) is 0 Å². The smallest absolute Gasteiger partial charge is 0.129 e. The molecule has 5 nitrogen and oxygen atoms in total. The summed E-state index contributed by atoms with van der Waals surface area (Å²) in [5, 5.41) is 9.15. The zero-order valence-electron chi connectivity index (χ0n) is 12.5. The molecule has 0 aliphatic carbocycles. The SMILES string of the molecule is CCOc1cc(OCC)c(CC(N)CO)c(OCC)c1. The highest BCUT2D eigenvalue weighted by atomic mass is 16.5. The van der Waals surface area contributed by atoms with Crippen LogP contribution in [-0.4, -0.2) is 37.6 Å². The van der Waals surface area contributed by atoms with E-state index in [1.165, 1.54) is 0 Å². The molecule has 3 N–H and O–H groups in total. The van der Waals surface area contributed by atoms with Crippen molar-refractivity contribution in [2.75, 3.05) is 26.4 Å². The summed E-state index contributed by atoms with van der Waals surface area (Å²) in [4.78, 5) is 0. The monoisotopic (exact) mass is 283 g/mol. The first-order valence-corrected chi connectivity index (χ1v) is 7.07. The fourth-order valence-electron chi connectivity index (χ4n) is 1.94. The van der Waals surface area contributed by atoms with Gasteiger partial charge in [0.05, 0.1) is 26.4 Å². The summed E-state index contributed by atoms with van der Waals surface area (Å²) in [5.74, 6) is 2.11. The standard InChI is InChI=1S/C15H25NO4/c1-4-18-12-8-14(19-5-2)13(7-11(16)10-17)15(9-12)20-6-3/h8-9,11,17H,4-7,10,16H2,1-3H3. The van der Waals surface area contributed by atoms with Gasteiger partial charge in [-0.3, -0.25) is 0 Å². The van der Waals surface area contributed by atoms with Gasteiger partial charge in [0.15, 0.2) is 0 Å². The lowest BCUT2D eigenvalue weighted by Crippen LogP contribution is -2.27. The molecule has 1 aromatic carbocycles. The van der Waals surface area contributed by atoms with Crippen LogP contribution in [-0.2, 0) is 6.42 Å². The molecule has 0 bridgehead atoms. The Morgan fingerprint density at radius 1 is 1.00 bits per heavy atom. The van der Waals surface area contributed by atoms with Crippen molar-refractivity contribution in [2.45, 2.75) is 33.2 Å². The van der Waals surface area contributed by atoms with Crippen LogP contribution < -0.4 is 19.9 Å². The maximum Gasteiger partial charge on any atom is 0.129 e.